The lowest BCUT2D eigenvalue weighted by atomic mass is 9.91. The van der Waals surface area contributed by atoms with E-state index in [1.165, 1.54) is 0 Å². The smallest absolute Gasteiger partial charge is 0.183 e. The van der Waals surface area contributed by atoms with Crippen LogP contribution in [0.4, 0.5) is 0 Å². The highest BCUT2D eigenvalue weighted by Gasteiger charge is 2.38. The summed E-state index contributed by atoms with van der Waals surface area (Å²) in [5.74, 6) is 1.23. The summed E-state index contributed by atoms with van der Waals surface area (Å²) in [6.07, 6.45) is 14.3. The third kappa shape index (κ3) is 7.11. The summed E-state index contributed by atoms with van der Waals surface area (Å²) in [6, 6.07) is 24.8. The summed E-state index contributed by atoms with van der Waals surface area (Å²) in [6.45, 7) is 2.55. The first-order valence-electron chi connectivity index (χ1n) is 11.6. The van der Waals surface area contributed by atoms with Gasteiger partial charge in [-0.3, -0.25) is 0 Å². The molecule has 0 saturated carbocycles. The van der Waals surface area contributed by atoms with Crippen molar-refractivity contribution in [2.24, 2.45) is 5.41 Å². The molecule has 0 unspecified atom stereocenters. The Morgan fingerprint density at radius 3 is 1.61 bits per heavy atom. The van der Waals surface area contributed by atoms with Crippen LogP contribution in [-0.2, 0) is 32.2 Å². The van der Waals surface area contributed by atoms with Crippen molar-refractivity contribution in [3.05, 3.63) is 95.6 Å². The van der Waals surface area contributed by atoms with Crippen molar-refractivity contribution in [3.8, 4) is 36.6 Å². The molecule has 36 heavy (non-hydrogen) atoms. The summed E-state index contributed by atoms with van der Waals surface area (Å²) < 4.78 is 34.5. The second kappa shape index (κ2) is 12.8. The van der Waals surface area contributed by atoms with Crippen LogP contribution in [-0.4, -0.2) is 26.4 Å². The van der Waals surface area contributed by atoms with Crippen LogP contribution >= 0.6 is 0 Å². The molecule has 0 N–H and O–H groups in total. The van der Waals surface area contributed by atoms with Gasteiger partial charge in [0.05, 0.1) is 45.1 Å². The van der Waals surface area contributed by atoms with Crippen LogP contribution in [0.2, 0.25) is 0 Å². The number of hydrogen-bond acceptors (Lipinski definition) is 6. The Morgan fingerprint density at radius 2 is 1.17 bits per heavy atom. The van der Waals surface area contributed by atoms with Crippen LogP contribution < -0.4 is 9.47 Å². The predicted molar refractivity (Wildman–Crippen MR) is 135 cm³/mol. The van der Waals surface area contributed by atoms with E-state index in [2.05, 4.69) is 12.2 Å². The fraction of sp³-hybridized carbons (Fsp3) is 0.267. The minimum atomic E-state index is -0.454. The molecule has 1 saturated heterocycles. The standard InChI is InChI=1S/C30H28O6/c1-3-33-27-14-10-24(11-15-27)18-31-20-30(21-32-19-25-12-16-28(17-13-25)34-4-2)22-35-29(36-23-30)26-8-6-5-7-9-26/h1-2,5-17,29H,18-23H2. The van der Waals surface area contributed by atoms with Crippen molar-refractivity contribution in [3.63, 3.8) is 0 Å². The highest BCUT2D eigenvalue weighted by Crippen LogP contribution is 2.33. The topological polar surface area (TPSA) is 55.4 Å². The maximum absolute atomic E-state index is 6.12. The first-order chi connectivity index (χ1) is 17.7. The van der Waals surface area contributed by atoms with E-state index in [1.807, 2.05) is 78.9 Å². The lowest BCUT2D eigenvalue weighted by Gasteiger charge is -2.39. The van der Waals surface area contributed by atoms with E-state index in [0.29, 0.717) is 51.1 Å². The summed E-state index contributed by atoms with van der Waals surface area (Å²) >= 11 is 0. The van der Waals surface area contributed by atoms with Crippen molar-refractivity contribution < 1.29 is 28.4 Å². The number of benzene rings is 3. The van der Waals surface area contributed by atoms with Gasteiger partial charge in [0.25, 0.3) is 0 Å². The summed E-state index contributed by atoms with van der Waals surface area (Å²) in [4.78, 5) is 0. The van der Waals surface area contributed by atoms with E-state index in [4.69, 9.17) is 41.3 Å². The third-order valence-corrected chi connectivity index (χ3v) is 5.71. The molecule has 1 aliphatic heterocycles. The monoisotopic (exact) mass is 484 g/mol. The maximum Gasteiger partial charge on any atom is 0.183 e. The Labute approximate surface area is 212 Å². The number of ether oxygens (including phenoxy) is 6. The molecule has 0 aromatic heterocycles. The van der Waals surface area contributed by atoms with Crippen LogP contribution in [0.15, 0.2) is 78.9 Å². The molecule has 0 aliphatic carbocycles. The van der Waals surface area contributed by atoms with Crippen LogP contribution in [0.3, 0.4) is 0 Å². The van der Waals surface area contributed by atoms with Gasteiger partial charge >= 0.3 is 0 Å². The van der Waals surface area contributed by atoms with E-state index in [-0.39, 0.29) is 0 Å². The molecular weight excluding hydrogens is 456 g/mol. The van der Waals surface area contributed by atoms with Gasteiger partial charge in [-0.1, -0.05) is 67.4 Å². The lowest BCUT2D eigenvalue weighted by molar-refractivity contribution is -0.255. The fourth-order valence-corrected chi connectivity index (χ4v) is 3.82. The van der Waals surface area contributed by atoms with Crippen LogP contribution in [0.1, 0.15) is 23.0 Å². The van der Waals surface area contributed by atoms with Gasteiger partial charge in [-0.2, -0.15) is 0 Å². The van der Waals surface area contributed by atoms with E-state index < -0.39 is 11.7 Å². The Bertz CT molecular complexity index is 1080. The molecule has 6 nitrogen and oxygen atoms in total. The largest absolute Gasteiger partial charge is 0.408 e. The first kappa shape index (κ1) is 25.3. The third-order valence-electron chi connectivity index (χ3n) is 5.71. The fourth-order valence-electron chi connectivity index (χ4n) is 3.82. The highest BCUT2D eigenvalue weighted by atomic mass is 16.7. The molecule has 4 rings (SSSR count). The quantitative estimate of drug-likeness (QED) is 0.354. The molecule has 0 spiro atoms. The number of terminal acetylenes is 2. The molecule has 6 heteroatoms. The molecular formula is C30H28O6. The number of rotatable bonds is 11. The molecule has 3 aromatic rings. The predicted octanol–water partition coefficient (Wildman–Crippen LogP) is 5.09. The summed E-state index contributed by atoms with van der Waals surface area (Å²) in [5.41, 5.74) is 2.54. The van der Waals surface area contributed by atoms with Crippen molar-refractivity contribution in [1.29, 1.82) is 0 Å². The van der Waals surface area contributed by atoms with Crippen LogP contribution in [0.25, 0.3) is 0 Å². The molecule has 184 valence electrons. The summed E-state index contributed by atoms with van der Waals surface area (Å²) in [5, 5.41) is 0. The highest BCUT2D eigenvalue weighted by molar-refractivity contribution is 5.28. The Morgan fingerprint density at radius 1 is 0.694 bits per heavy atom. The molecule has 1 heterocycles. The molecule has 1 fully saturated rings. The van der Waals surface area contributed by atoms with Gasteiger partial charge < -0.3 is 28.4 Å². The minimum Gasteiger partial charge on any atom is -0.408 e. The second-order valence-corrected chi connectivity index (χ2v) is 8.58. The lowest BCUT2D eigenvalue weighted by Crippen LogP contribution is -2.45. The van der Waals surface area contributed by atoms with E-state index in [0.717, 1.165) is 16.7 Å². The van der Waals surface area contributed by atoms with E-state index >= 15 is 0 Å². The van der Waals surface area contributed by atoms with Gasteiger partial charge in [-0.15, -0.1) is 0 Å². The van der Waals surface area contributed by atoms with Crippen molar-refractivity contribution >= 4 is 0 Å². The van der Waals surface area contributed by atoms with Crippen molar-refractivity contribution in [2.45, 2.75) is 19.5 Å². The summed E-state index contributed by atoms with van der Waals surface area (Å²) in [7, 11) is 0. The molecule has 0 radical (unpaired) electrons. The van der Waals surface area contributed by atoms with Gasteiger partial charge in [-0.25, -0.2) is 0 Å². The molecule has 0 atom stereocenters. The van der Waals surface area contributed by atoms with E-state index in [9.17, 15) is 0 Å². The zero-order valence-electron chi connectivity index (χ0n) is 19.9. The van der Waals surface area contributed by atoms with Gasteiger partial charge in [0.15, 0.2) is 6.29 Å². The Hall–Kier alpha value is -3.78. The molecule has 0 amide bonds. The van der Waals surface area contributed by atoms with Crippen LogP contribution in [0, 0.1) is 30.5 Å². The van der Waals surface area contributed by atoms with Gasteiger partial charge in [0.2, 0.25) is 0 Å². The van der Waals surface area contributed by atoms with Crippen molar-refractivity contribution in [2.75, 3.05) is 26.4 Å². The molecule has 0 bridgehead atoms. The zero-order valence-corrected chi connectivity index (χ0v) is 19.9. The molecule has 3 aromatic carbocycles. The number of hydrogen-bond donors (Lipinski definition) is 0. The van der Waals surface area contributed by atoms with Gasteiger partial charge in [0, 0.05) is 5.56 Å². The van der Waals surface area contributed by atoms with Gasteiger partial charge in [0.1, 0.15) is 23.7 Å². The second-order valence-electron chi connectivity index (χ2n) is 8.58. The minimum absolute atomic E-state index is 0.409. The average Bonchev–Trinajstić information content (AvgIpc) is 2.92. The van der Waals surface area contributed by atoms with Crippen molar-refractivity contribution in [1.82, 2.24) is 0 Å². The Balaban J connectivity index is 1.35. The van der Waals surface area contributed by atoms with Crippen LogP contribution in [0.5, 0.6) is 11.5 Å². The molecule has 1 aliphatic rings. The average molecular weight is 485 g/mol. The normalized spacial score (nSPS) is 14.9. The Kier molecular flexibility index (Phi) is 8.99. The first-order valence-corrected chi connectivity index (χ1v) is 11.6. The van der Waals surface area contributed by atoms with Gasteiger partial charge in [-0.05, 0) is 35.4 Å². The van der Waals surface area contributed by atoms with E-state index in [1.54, 1.807) is 0 Å². The SMILES string of the molecule is C#COc1ccc(COCC2(COCc3ccc(OC#C)cc3)COC(c3ccccc3)OC2)cc1. The maximum atomic E-state index is 6.12. The zero-order chi connectivity index (χ0) is 25.1.